The molecule has 2 N–H and O–H groups in total. The predicted molar refractivity (Wildman–Crippen MR) is 63.1 cm³/mol. The Morgan fingerprint density at radius 1 is 1.50 bits per heavy atom. The van der Waals surface area contributed by atoms with Gasteiger partial charge >= 0.3 is 0 Å². The molecule has 5 nitrogen and oxygen atoms in total. The third-order valence-electron chi connectivity index (χ3n) is 1.65. The zero-order valence-corrected chi connectivity index (χ0v) is 9.79. The first-order chi connectivity index (χ1) is 7.75. The van der Waals surface area contributed by atoms with E-state index < -0.39 is 0 Å². The summed E-state index contributed by atoms with van der Waals surface area (Å²) in [5.41, 5.74) is 5.97. The van der Waals surface area contributed by atoms with Crippen LogP contribution in [0, 0.1) is 0 Å². The summed E-state index contributed by atoms with van der Waals surface area (Å²) >= 11 is 2.71. The minimum atomic E-state index is -0.358. The van der Waals surface area contributed by atoms with Gasteiger partial charge in [0.1, 0.15) is 5.01 Å². The first-order valence-corrected chi connectivity index (χ1v) is 6.21. The Labute approximate surface area is 100 Å². The third-order valence-corrected chi connectivity index (χ3v) is 3.78. The van der Waals surface area contributed by atoms with Crippen LogP contribution in [0.25, 0.3) is 10.6 Å². The molecule has 0 aromatic carbocycles. The Kier molecular flexibility index (Phi) is 3.47. The molecule has 0 bridgehead atoms. The molecule has 0 aliphatic rings. The van der Waals surface area contributed by atoms with Crippen LogP contribution in [0.15, 0.2) is 28.9 Å². The van der Waals surface area contributed by atoms with E-state index in [0.717, 1.165) is 14.9 Å². The van der Waals surface area contributed by atoms with Gasteiger partial charge in [0.25, 0.3) is 0 Å². The van der Waals surface area contributed by atoms with Crippen molar-refractivity contribution in [1.82, 2.24) is 15.2 Å². The standard InChI is InChI=1S/C9H8N4OS2/c10-7(14)5-15-9-13-12-8(16-9)6-2-1-3-11-4-6/h1-4H,5H2,(H2,10,14). The molecule has 2 rings (SSSR count). The molecule has 1 amide bonds. The molecule has 0 atom stereocenters. The summed E-state index contributed by atoms with van der Waals surface area (Å²) in [7, 11) is 0. The number of hydrogen-bond acceptors (Lipinski definition) is 6. The summed E-state index contributed by atoms with van der Waals surface area (Å²) < 4.78 is 0.734. The maximum atomic E-state index is 10.6. The third kappa shape index (κ3) is 2.77. The highest BCUT2D eigenvalue weighted by Crippen LogP contribution is 2.28. The molecule has 16 heavy (non-hydrogen) atoms. The predicted octanol–water partition coefficient (Wildman–Crippen LogP) is 1.18. The van der Waals surface area contributed by atoms with Crippen LogP contribution in [0.1, 0.15) is 0 Å². The van der Waals surface area contributed by atoms with E-state index in [1.807, 2.05) is 12.1 Å². The van der Waals surface area contributed by atoms with Crippen LogP contribution < -0.4 is 5.73 Å². The Morgan fingerprint density at radius 2 is 2.38 bits per heavy atom. The molecule has 0 aliphatic heterocycles. The van der Waals surface area contributed by atoms with Crippen LogP contribution in [-0.2, 0) is 4.79 Å². The highest BCUT2D eigenvalue weighted by molar-refractivity contribution is 8.01. The fourth-order valence-electron chi connectivity index (χ4n) is 1.01. The summed E-state index contributed by atoms with van der Waals surface area (Å²) in [6.45, 7) is 0. The van der Waals surface area contributed by atoms with Gasteiger partial charge in [0, 0.05) is 18.0 Å². The molecule has 0 spiro atoms. The number of pyridine rings is 1. The van der Waals surface area contributed by atoms with E-state index in [4.69, 9.17) is 5.73 Å². The zero-order chi connectivity index (χ0) is 11.4. The SMILES string of the molecule is NC(=O)CSc1nnc(-c2cccnc2)s1. The fourth-order valence-corrected chi connectivity index (χ4v) is 2.59. The number of nitrogens with zero attached hydrogens (tertiary/aromatic N) is 3. The van der Waals surface area contributed by atoms with Crippen LogP contribution >= 0.6 is 23.1 Å². The Bertz CT molecular complexity index is 485. The quantitative estimate of drug-likeness (QED) is 0.826. The number of carbonyl (C=O) groups excluding carboxylic acids is 1. The van der Waals surface area contributed by atoms with Crippen molar-refractivity contribution in [1.29, 1.82) is 0 Å². The number of primary amides is 1. The second-order valence-electron chi connectivity index (χ2n) is 2.87. The van der Waals surface area contributed by atoms with E-state index in [1.165, 1.54) is 23.1 Å². The van der Waals surface area contributed by atoms with Crippen molar-refractivity contribution >= 4 is 29.0 Å². The van der Waals surface area contributed by atoms with Gasteiger partial charge in [-0.2, -0.15) is 0 Å². The van der Waals surface area contributed by atoms with Gasteiger partial charge in [-0.15, -0.1) is 10.2 Å². The summed E-state index contributed by atoms with van der Waals surface area (Å²) in [4.78, 5) is 14.6. The van der Waals surface area contributed by atoms with Gasteiger partial charge in [-0.3, -0.25) is 9.78 Å². The number of amides is 1. The van der Waals surface area contributed by atoms with Gasteiger partial charge in [-0.25, -0.2) is 0 Å². The average molecular weight is 252 g/mol. The van der Waals surface area contributed by atoms with Crippen molar-refractivity contribution in [3.8, 4) is 10.6 Å². The first kappa shape index (κ1) is 11.0. The highest BCUT2D eigenvalue weighted by Gasteiger charge is 2.07. The molecule has 2 aromatic rings. The van der Waals surface area contributed by atoms with Crippen LogP contribution in [0.2, 0.25) is 0 Å². The molecule has 2 heterocycles. The first-order valence-electron chi connectivity index (χ1n) is 4.41. The van der Waals surface area contributed by atoms with E-state index in [1.54, 1.807) is 12.4 Å². The second-order valence-corrected chi connectivity index (χ2v) is 5.07. The summed E-state index contributed by atoms with van der Waals surface area (Å²) in [6, 6.07) is 3.75. The molecule has 0 saturated heterocycles. The molecular weight excluding hydrogens is 244 g/mol. The van der Waals surface area contributed by atoms with Gasteiger partial charge in [0.05, 0.1) is 5.75 Å². The average Bonchev–Trinajstić information content (AvgIpc) is 2.76. The molecule has 0 aliphatic carbocycles. The van der Waals surface area contributed by atoms with Gasteiger partial charge < -0.3 is 5.73 Å². The Hall–Kier alpha value is -1.47. The van der Waals surface area contributed by atoms with Crippen LogP contribution in [0.5, 0.6) is 0 Å². The zero-order valence-electron chi connectivity index (χ0n) is 8.16. The van der Waals surface area contributed by atoms with E-state index in [9.17, 15) is 4.79 Å². The Morgan fingerprint density at radius 3 is 3.06 bits per heavy atom. The van der Waals surface area contributed by atoms with Gasteiger partial charge in [0.15, 0.2) is 4.34 Å². The lowest BCUT2D eigenvalue weighted by molar-refractivity contribution is -0.115. The molecule has 7 heteroatoms. The topological polar surface area (TPSA) is 81.8 Å². The molecule has 0 unspecified atom stereocenters. The number of thioether (sulfide) groups is 1. The summed E-state index contributed by atoms with van der Waals surface area (Å²) in [6.07, 6.45) is 3.43. The highest BCUT2D eigenvalue weighted by atomic mass is 32.2. The lowest BCUT2D eigenvalue weighted by Crippen LogP contribution is -2.12. The largest absolute Gasteiger partial charge is 0.369 e. The van der Waals surface area contributed by atoms with Crippen molar-refractivity contribution < 1.29 is 4.79 Å². The Balaban J connectivity index is 2.11. The summed E-state index contributed by atoms with van der Waals surface area (Å²) in [5.74, 6) is -0.134. The van der Waals surface area contributed by atoms with Gasteiger partial charge in [-0.1, -0.05) is 23.1 Å². The second kappa shape index (κ2) is 5.04. The number of carbonyl (C=O) groups is 1. The molecule has 0 fully saturated rings. The van der Waals surface area contributed by atoms with E-state index in [-0.39, 0.29) is 11.7 Å². The lowest BCUT2D eigenvalue weighted by Gasteiger charge is -1.91. The van der Waals surface area contributed by atoms with Crippen LogP contribution in [0.3, 0.4) is 0 Å². The van der Waals surface area contributed by atoms with Crippen molar-refractivity contribution in [3.63, 3.8) is 0 Å². The normalized spacial score (nSPS) is 10.2. The van der Waals surface area contributed by atoms with E-state index in [0.29, 0.717) is 0 Å². The van der Waals surface area contributed by atoms with E-state index >= 15 is 0 Å². The molecule has 0 radical (unpaired) electrons. The fraction of sp³-hybridized carbons (Fsp3) is 0.111. The lowest BCUT2D eigenvalue weighted by atomic mass is 10.3. The maximum Gasteiger partial charge on any atom is 0.227 e. The molecule has 2 aromatic heterocycles. The van der Waals surface area contributed by atoms with Crippen molar-refractivity contribution in [2.45, 2.75) is 4.34 Å². The van der Waals surface area contributed by atoms with Gasteiger partial charge in [-0.05, 0) is 12.1 Å². The summed E-state index contributed by atoms with van der Waals surface area (Å²) in [5, 5.41) is 8.77. The van der Waals surface area contributed by atoms with Gasteiger partial charge in [0.2, 0.25) is 5.91 Å². The van der Waals surface area contributed by atoms with Crippen molar-refractivity contribution in [2.75, 3.05) is 5.75 Å². The minimum absolute atomic E-state index is 0.224. The molecular formula is C9H8N4OS2. The van der Waals surface area contributed by atoms with E-state index in [2.05, 4.69) is 15.2 Å². The monoisotopic (exact) mass is 252 g/mol. The smallest absolute Gasteiger partial charge is 0.227 e. The molecule has 0 saturated carbocycles. The molecule has 82 valence electrons. The minimum Gasteiger partial charge on any atom is -0.369 e. The number of rotatable bonds is 4. The number of nitrogens with two attached hydrogens (primary N) is 1. The number of hydrogen-bond donors (Lipinski definition) is 1. The van der Waals surface area contributed by atoms with Crippen LogP contribution in [0.4, 0.5) is 0 Å². The van der Waals surface area contributed by atoms with Crippen LogP contribution in [-0.4, -0.2) is 26.8 Å². The van der Waals surface area contributed by atoms with Crippen molar-refractivity contribution in [2.24, 2.45) is 5.73 Å². The maximum absolute atomic E-state index is 10.6. The number of aromatic nitrogens is 3. The van der Waals surface area contributed by atoms with Crippen molar-refractivity contribution in [3.05, 3.63) is 24.5 Å².